The van der Waals surface area contributed by atoms with Crippen molar-refractivity contribution in [1.82, 2.24) is 0 Å². The van der Waals surface area contributed by atoms with Gasteiger partial charge in [-0.25, -0.2) is 0 Å². The molecule has 5 heteroatoms. The van der Waals surface area contributed by atoms with Crippen LogP contribution in [0.5, 0.6) is 0 Å². The first-order valence-corrected chi connectivity index (χ1v) is 6.43. The molecule has 0 aliphatic rings. The van der Waals surface area contributed by atoms with Gasteiger partial charge in [0.2, 0.25) is 0 Å². The van der Waals surface area contributed by atoms with Crippen LogP contribution in [0.15, 0.2) is 18.2 Å². The monoisotopic (exact) mass is 279 g/mol. The molecule has 0 saturated carbocycles. The van der Waals surface area contributed by atoms with E-state index in [1.807, 2.05) is 32.0 Å². The van der Waals surface area contributed by atoms with Crippen molar-refractivity contribution in [3.8, 4) is 0 Å². The van der Waals surface area contributed by atoms with Crippen LogP contribution in [-0.4, -0.2) is 39.2 Å². The van der Waals surface area contributed by atoms with E-state index in [1.165, 1.54) is 14.2 Å². The Kier molecular flexibility index (Phi) is 6.18. The Labute approximate surface area is 119 Å². The van der Waals surface area contributed by atoms with Crippen LogP contribution in [0.4, 0.5) is 5.69 Å². The minimum Gasteiger partial charge on any atom is -0.469 e. The smallest absolute Gasteiger partial charge is 0.307 e. The first kappa shape index (κ1) is 16.2. The first-order valence-electron chi connectivity index (χ1n) is 6.43. The molecule has 5 nitrogen and oxygen atoms in total. The van der Waals surface area contributed by atoms with E-state index in [9.17, 15) is 9.59 Å². The molecule has 0 atom stereocenters. The summed E-state index contributed by atoms with van der Waals surface area (Å²) in [6.07, 6.45) is 0.153. The zero-order valence-corrected chi connectivity index (χ0v) is 12.4. The number of para-hydroxylation sites is 1. The summed E-state index contributed by atoms with van der Waals surface area (Å²) >= 11 is 0. The lowest BCUT2D eigenvalue weighted by molar-refractivity contribution is -0.140. The average Bonchev–Trinajstić information content (AvgIpc) is 2.41. The highest BCUT2D eigenvalue weighted by atomic mass is 16.5. The van der Waals surface area contributed by atoms with Crippen molar-refractivity contribution in [2.45, 2.75) is 20.3 Å². The van der Waals surface area contributed by atoms with Gasteiger partial charge in [-0.3, -0.25) is 9.59 Å². The van der Waals surface area contributed by atoms with Crippen molar-refractivity contribution in [3.05, 3.63) is 29.3 Å². The van der Waals surface area contributed by atoms with Crippen LogP contribution in [0.2, 0.25) is 0 Å². The van der Waals surface area contributed by atoms with Crippen molar-refractivity contribution >= 4 is 17.6 Å². The predicted octanol–water partition coefficient (Wildman–Crippen LogP) is 1.85. The van der Waals surface area contributed by atoms with E-state index in [-0.39, 0.29) is 31.4 Å². The molecule has 0 aliphatic carbocycles. The van der Waals surface area contributed by atoms with E-state index < -0.39 is 0 Å². The number of aryl methyl sites for hydroxylation is 2. The summed E-state index contributed by atoms with van der Waals surface area (Å²) in [5.41, 5.74) is 2.80. The van der Waals surface area contributed by atoms with Crippen LogP contribution in [-0.2, 0) is 19.1 Å². The number of benzene rings is 1. The highest BCUT2D eigenvalue weighted by molar-refractivity contribution is 5.96. The third kappa shape index (κ3) is 4.06. The number of carbonyl (C=O) groups is 2. The van der Waals surface area contributed by atoms with Gasteiger partial charge in [-0.15, -0.1) is 0 Å². The number of ether oxygens (including phenoxy) is 2. The van der Waals surface area contributed by atoms with Crippen molar-refractivity contribution in [2.75, 3.05) is 32.3 Å². The fourth-order valence-electron chi connectivity index (χ4n) is 2.10. The van der Waals surface area contributed by atoms with Crippen LogP contribution in [0.25, 0.3) is 0 Å². The van der Waals surface area contributed by atoms with Crippen molar-refractivity contribution in [1.29, 1.82) is 0 Å². The average molecular weight is 279 g/mol. The van der Waals surface area contributed by atoms with E-state index in [1.54, 1.807) is 4.90 Å². The quantitative estimate of drug-likeness (QED) is 0.746. The molecule has 0 unspecified atom stereocenters. The molecule has 0 heterocycles. The Morgan fingerprint density at radius 3 is 2.25 bits per heavy atom. The van der Waals surface area contributed by atoms with E-state index in [2.05, 4.69) is 4.74 Å². The van der Waals surface area contributed by atoms with E-state index >= 15 is 0 Å². The maximum absolute atomic E-state index is 12.2. The molecule has 110 valence electrons. The normalized spacial score (nSPS) is 10.2. The predicted molar refractivity (Wildman–Crippen MR) is 76.8 cm³/mol. The summed E-state index contributed by atoms with van der Waals surface area (Å²) in [6.45, 7) is 4.14. The van der Waals surface area contributed by atoms with Gasteiger partial charge in [0, 0.05) is 19.3 Å². The summed E-state index contributed by atoms with van der Waals surface area (Å²) in [5, 5.41) is 0. The summed E-state index contributed by atoms with van der Waals surface area (Å²) in [4.78, 5) is 25.1. The fourth-order valence-corrected chi connectivity index (χ4v) is 2.10. The van der Waals surface area contributed by atoms with E-state index in [4.69, 9.17) is 4.74 Å². The third-order valence-corrected chi connectivity index (χ3v) is 3.05. The second kappa shape index (κ2) is 7.65. The molecule has 0 aliphatic heterocycles. The number of rotatable bonds is 6. The molecule has 1 amide bonds. The molecule has 0 bridgehead atoms. The van der Waals surface area contributed by atoms with Crippen molar-refractivity contribution in [2.24, 2.45) is 0 Å². The van der Waals surface area contributed by atoms with Gasteiger partial charge in [0.05, 0.1) is 13.5 Å². The second-order valence-electron chi connectivity index (χ2n) is 4.54. The molecule has 0 radical (unpaired) electrons. The maximum atomic E-state index is 12.2. The molecule has 0 fully saturated rings. The molecule has 0 aromatic heterocycles. The lowest BCUT2D eigenvalue weighted by atomic mass is 10.1. The highest BCUT2D eigenvalue weighted by Crippen LogP contribution is 2.25. The van der Waals surface area contributed by atoms with Crippen molar-refractivity contribution < 1.29 is 19.1 Å². The number of methoxy groups -OCH3 is 2. The lowest BCUT2D eigenvalue weighted by Crippen LogP contribution is -2.36. The van der Waals surface area contributed by atoms with Crippen LogP contribution in [0, 0.1) is 13.8 Å². The van der Waals surface area contributed by atoms with Crippen LogP contribution in [0.3, 0.4) is 0 Å². The fraction of sp³-hybridized carbons (Fsp3) is 0.467. The summed E-state index contributed by atoms with van der Waals surface area (Å²) in [6, 6.07) is 5.81. The van der Waals surface area contributed by atoms with Crippen LogP contribution in [0.1, 0.15) is 17.5 Å². The molecule has 1 aromatic carbocycles. The number of esters is 1. The summed E-state index contributed by atoms with van der Waals surface area (Å²) in [7, 11) is 2.81. The molecular weight excluding hydrogens is 258 g/mol. The first-order chi connectivity index (χ1) is 9.51. The second-order valence-corrected chi connectivity index (χ2v) is 4.54. The Morgan fingerprint density at radius 1 is 1.15 bits per heavy atom. The van der Waals surface area contributed by atoms with Crippen LogP contribution < -0.4 is 4.90 Å². The minimum atomic E-state index is -0.341. The molecule has 20 heavy (non-hydrogen) atoms. The number of carbonyl (C=O) groups excluding carboxylic acids is 2. The SMILES string of the molecule is COCC(=O)N(CCC(=O)OC)c1c(C)cccc1C. The standard InChI is InChI=1S/C15H21NO4/c1-11-6-5-7-12(2)15(11)16(13(17)10-19-3)9-8-14(18)20-4/h5-7H,8-10H2,1-4H3. The number of amides is 1. The number of anilines is 1. The zero-order chi connectivity index (χ0) is 15.1. The molecule has 0 N–H and O–H groups in total. The van der Waals surface area contributed by atoms with Crippen molar-refractivity contribution in [3.63, 3.8) is 0 Å². The van der Waals surface area contributed by atoms with Gasteiger partial charge in [-0.1, -0.05) is 18.2 Å². The molecule has 1 aromatic rings. The Morgan fingerprint density at radius 2 is 1.75 bits per heavy atom. The van der Waals surface area contributed by atoms with Crippen LogP contribution >= 0.6 is 0 Å². The minimum absolute atomic E-state index is 0.0189. The van der Waals surface area contributed by atoms with Gasteiger partial charge in [-0.05, 0) is 25.0 Å². The van der Waals surface area contributed by atoms with Gasteiger partial charge in [-0.2, -0.15) is 0 Å². The van der Waals surface area contributed by atoms with Gasteiger partial charge >= 0.3 is 5.97 Å². The topological polar surface area (TPSA) is 55.8 Å². The largest absolute Gasteiger partial charge is 0.469 e. The zero-order valence-electron chi connectivity index (χ0n) is 12.4. The molecule has 0 saturated heterocycles. The number of hydrogen-bond acceptors (Lipinski definition) is 4. The Bertz CT molecular complexity index is 465. The summed E-state index contributed by atoms with van der Waals surface area (Å²) < 4.78 is 9.54. The molecule has 0 spiro atoms. The van der Waals surface area contributed by atoms with Gasteiger partial charge < -0.3 is 14.4 Å². The lowest BCUT2D eigenvalue weighted by Gasteiger charge is -2.25. The molecule has 1 rings (SSSR count). The van der Waals surface area contributed by atoms with Gasteiger partial charge in [0.15, 0.2) is 0 Å². The third-order valence-electron chi connectivity index (χ3n) is 3.05. The van der Waals surface area contributed by atoms with Gasteiger partial charge in [0.25, 0.3) is 5.91 Å². The van der Waals surface area contributed by atoms with E-state index in [0.717, 1.165) is 16.8 Å². The summed E-state index contributed by atoms with van der Waals surface area (Å²) in [5.74, 6) is -0.514. The Balaban J connectivity index is 3.03. The Hall–Kier alpha value is -1.88. The number of nitrogens with zero attached hydrogens (tertiary/aromatic N) is 1. The van der Waals surface area contributed by atoms with Gasteiger partial charge in [0.1, 0.15) is 6.61 Å². The number of hydrogen-bond donors (Lipinski definition) is 0. The maximum Gasteiger partial charge on any atom is 0.307 e. The molecular formula is C15H21NO4. The highest BCUT2D eigenvalue weighted by Gasteiger charge is 2.20. The van der Waals surface area contributed by atoms with E-state index in [0.29, 0.717) is 0 Å².